The van der Waals surface area contributed by atoms with Crippen molar-refractivity contribution in [1.82, 2.24) is 10.6 Å². The Kier molecular flexibility index (Phi) is 8.45. The molecule has 43 heavy (non-hydrogen) atoms. The first kappa shape index (κ1) is 30.8. The van der Waals surface area contributed by atoms with Gasteiger partial charge in [0.25, 0.3) is 0 Å². The van der Waals surface area contributed by atoms with Crippen LogP contribution in [-0.4, -0.2) is 70.4 Å². The third-order valence-corrected chi connectivity index (χ3v) is 9.46. The van der Waals surface area contributed by atoms with Crippen molar-refractivity contribution < 1.29 is 43.6 Å². The summed E-state index contributed by atoms with van der Waals surface area (Å²) in [5, 5.41) is 27.8. The molecule has 1 saturated carbocycles. The number of hydrogen-bond donors (Lipinski definition) is 5. The van der Waals surface area contributed by atoms with Crippen LogP contribution in [0.5, 0.6) is 11.5 Å². The molecule has 0 saturated heterocycles. The van der Waals surface area contributed by atoms with Gasteiger partial charge in [0, 0.05) is 12.5 Å². The van der Waals surface area contributed by atoms with Crippen LogP contribution in [-0.2, 0) is 40.5 Å². The first-order valence-corrected chi connectivity index (χ1v) is 15.1. The van der Waals surface area contributed by atoms with Crippen LogP contribution in [0.4, 0.5) is 0 Å². The van der Waals surface area contributed by atoms with Crippen LogP contribution in [0.15, 0.2) is 24.0 Å². The number of phenolic OH excluding ortho intramolecular Hbond substituents is 1. The highest BCUT2D eigenvalue weighted by molar-refractivity contribution is 5.90. The number of benzene rings is 1. The van der Waals surface area contributed by atoms with E-state index in [1.165, 1.54) is 20.8 Å². The Hall–Kier alpha value is -3.64. The number of hydrogen-bond acceptors (Lipinski definition) is 10. The number of amides is 2. The summed E-state index contributed by atoms with van der Waals surface area (Å²) in [7, 11) is 0. The van der Waals surface area contributed by atoms with Crippen molar-refractivity contribution in [3.63, 3.8) is 0 Å². The molecule has 1 heterocycles. The van der Waals surface area contributed by atoms with Crippen molar-refractivity contribution in [2.24, 2.45) is 11.7 Å². The Labute approximate surface area is 250 Å². The van der Waals surface area contributed by atoms with Gasteiger partial charge >= 0.3 is 11.9 Å². The van der Waals surface area contributed by atoms with Gasteiger partial charge in [0.05, 0.1) is 11.0 Å². The average Bonchev–Trinajstić information content (AvgIpc) is 3.30. The second kappa shape index (κ2) is 11.8. The lowest BCUT2D eigenvalue weighted by atomic mass is 9.47. The van der Waals surface area contributed by atoms with E-state index in [0.717, 1.165) is 24.0 Å². The molecule has 4 aliphatic rings. The highest BCUT2D eigenvalue weighted by atomic mass is 16.6. The molecule has 234 valence electrons. The first-order valence-electron chi connectivity index (χ1n) is 15.1. The summed E-state index contributed by atoms with van der Waals surface area (Å²) in [5.74, 6) is -2.13. The van der Waals surface area contributed by atoms with E-state index in [2.05, 4.69) is 10.6 Å². The summed E-state index contributed by atoms with van der Waals surface area (Å²) >= 11 is 0. The summed E-state index contributed by atoms with van der Waals surface area (Å²) in [6.07, 6.45) is 4.43. The number of phenols is 1. The van der Waals surface area contributed by atoms with Gasteiger partial charge < -0.3 is 40.8 Å². The molecule has 5 rings (SSSR count). The van der Waals surface area contributed by atoms with Crippen molar-refractivity contribution in [2.75, 3.05) is 6.54 Å². The number of carbonyl (C=O) groups excluding carboxylic acids is 4. The summed E-state index contributed by atoms with van der Waals surface area (Å²) in [6, 6.07) is 1.53. The van der Waals surface area contributed by atoms with Crippen molar-refractivity contribution in [1.29, 1.82) is 0 Å². The van der Waals surface area contributed by atoms with E-state index < -0.39 is 53.2 Å². The molecule has 1 fully saturated rings. The zero-order chi connectivity index (χ0) is 31.1. The van der Waals surface area contributed by atoms with Crippen molar-refractivity contribution in [3.8, 4) is 11.5 Å². The molecule has 1 aliphatic heterocycles. The van der Waals surface area contributed by atoms with Crippen LogP contribution >= 0.6 is 0 Å². The molecule has 1 aromatic rings. The van der Waals surface area contributed by atoms with E-state index in [9.17, 15) is 29.4 Å². The minimum absolute atomic E-state index is 0.00586. The molecule has 2 bridgehead atoms. The third-order valence-electron chi connectivity index (χ3n) is 9.46. The van der Waals surface area contributed by atoms with E-state index >= 15 is 0 Å². The zero-order valence-electron chi connectivity index (χ0n) is 24.8. The Morgan fingerprint density at radius 1 is 1.16 bits per heavy atom. The van der Waals surface area contributed by atoms with Crippen LogP contribution in [0.1, 0.15) is 76.8 Å². The van der Waals surface area contributed by atoms with Gasteiger partial charge in [-0.15, -0.1) is 0 Å². The molecule has 0 aromatic heterocycles. The molecule has 3 aliphatic carbocycles. The Morgan fingerprint density at radius 2 is 1.93 bits per heavy atom. The fourth-order valence-corrected chi connectivity index (χ4v) is 7.43. The first-order chi connectivity index (χ1) is 20.4. The number of unbranched alkanes of at least 4 members (excludes halogenated alkanes) is 1. The standard InChI is InChI=1S/C31H41N3O9/c1-16(33-27(37)21(34-18(3)35)8-4-5-14-32)28(38)41-17(2)29(39)42-23-11-13-31(40)20-7-6-12-30(31)24-19(15-20)9-10-22(36)25(24)43-26(23)30/h9-11,16-17,20-21,26,36,40H,4-8,12-15,32H2,1-3H3,(H,33,37)(H,34,35)/t16-,17-,20-,21-,26+,30+,31-/m0/s1. The average molecular weight is 600 g/mol. The maximum atomic E-state index is 13.2. The number of aliphatic hydroxyl groups is 1. The Morgan fingerprint density at radius 3 is 2.65 bits per heavy atom. The summed E-state index contributed by atoms with van der Waals surface area (Å²) in [5.41, 5.74) is 5.36. The SMILES string of the molecule is CC(=O)N[C@@H](CCCCN)C(=O)N[C@@H](C)C(=O)O[C@@H](C)C(=O)OC1=CC[C@]2(O)[C@H]3CCC[C@]24c2c(ccc(O)c2O[C@H]14)C3. The maximum absolute atomic E-state index is 13.2. The van der Waals surface area contributed by atoms with Crippen LogP contribution in [0.2, 0.25) is 0 Å². The summed E-state index contributed by atoms with van der Waals surface area (Å²) in [4.78, 5) is 50.2. The summed E-state index contributed by atoms with van der Waals surface area (Å²) < 4.78 is 17.4. The van der Waals surface area contributed by atoms with Crippen molar-refractivity contribution in [3.05, 3.63) is 35.1 Å². The lowest BCUT2D eigenvalue weighted by molar-refractivity contribution is -0.172. The molecule has 2 amide bonds. The zero-order valence-corrected chi connectivity index (χ0v) is 24.8. The third kappa shape index (κ3) is 5.24. The predicted molar refractivity (Wildman–Crippen MR) is 153 cm³/mol. The molecule has 12 nitrogen and oxygen atoms in total. The molecule has 12 heteroatoms. The molecule has 1 spiro atoms. The molecule has 0 unspecified atom stereocenters. The Bertz CT molecular complexity index is 1350. The molecular weight excluding hydrogens is 558 g/mol. The van der Waals surface area contributed by atoms with Crippen molar-refractivity contribution in [2.45, 2.75) is 107 Å². The van der Waals surface area contributed by atoms with Gasteiger partial charge in [-0.3, -0.25) is 9.59 Å². The van der Waals surface area contributed by atoms with E-state index in [-0.39, 0.29) is 29.8 Å². The van der Waals surface area contributed by atoms with Crippen LogP contribution in [0, 0.1) is 5.92 Å². The number of nitrogens with one attached hydrogen (secondary N) is 2. The summed E-state index contributed by atoms with van der Waals surface area (Å²) in [6.45, 7) is 4.54. The topological polar surface area (TPSA) is 187 Å². The van der Waals surface area contributed by atoms with Gasteiger partial charge in [0.15, 0.2) is 23.7 Å². The fraction of sp³-hybridized carbons (Fsp3) is 0.613. The molecule has 0 radical (unpaired) electrons. The normalized spacial score (nSPS) is 28.3. The number of esters is 2. The number of aromatic hydroxyl groups is 1. The van der Waals surface area contributed by atoms with Crippen LogP contribution in [0.25, 0.3) is 0 Å². The second-order valence-corrected chi connectivity index (χ2v) is 12.2. The van der Waals surface area contributed by atoms with E-state index in [1.807, 2.05) is 6.07 Å². The van der Waals surface area contributed by atoms with Crippen LogP contribution < -0.4 is 21.1 Å². The monoisotopic (exact) mass is 599 g/mol. The van der Waals surface area contributed by atoms with E-state index in [4.69, 9.17) is 19.9 Å². The largest absolute Gasteiger partial charge is 0.504 e. The number of carbonyl (C=O) groups is 4. The van der Waals surface area contributed by atoms with Gasteiger partial charge in [0.1, 0.15) is 17.8 Å². The van der Waals surface area contributed by atoms with Gasteiger partial charge in [-0.05, 0) is 89.0 Å². The smallest absolute Gasteiger partial charge is 0.352 e. The highest BCUT2D eigenvalue weighted by Crippen LogP contribution is 2.67. The van der Waals surface area contributed by atoms with Gasteiger partial charge in [0.2, 0.25) is 11.8 Å². The minimum atomic E-state index is -1.32. The molecule has 1 aromatic carbocycles. The van der Waals surface area contributed by atoms with Gasteiger partial charge in [-0.25, -0.2) is 9.59 Å². The van der Waals surface area contributed by atoms with Crippen LogP contribution in [0.3, 0.4) is 0 Å². The number of ether oxygens (including phenoxy) is 3. The Balaban J connectivity index is 1.25. The van der Waals surface area contributed by atoms with Crippen molar-refractivity contribution >= 4 is 23.8 Å². The molecule has 7 atom stereocenters. The van der Waals surface area contributed by atoms with E-state index in [1.54, 1.807) is 12.1 Å². The van der Waals surface area contributed by atoms with E-state index in [0.29, 0.717) is 44.4 Å². The lowest BCUT2D eigenvalue weighted by Crippen LogP contribution is -2.67. The number of rotatable bonds is 11. The number of nitrogens with two attached hydrogens (primary N) is 1. The fourth-order valence-electron chi connectivity index (χ4n) is 7.43. The predicted octanol–water partition coefficient (Wildman–Crippen LogP) is 1.38. The molecular formula is C31H41N3O9. The maximum Gasteiger partial charge on any atom is 0.352 e. The van der Waals surface area contributed by atoms with Gasteiger partial charge in [-0.1, -0.05) is 12.5 Å². The quantitative estimate of drug-likeness (QED) is 0.184. The molecule has 6 N–H and O–H groups in total. The second-order valence-electron chi connectivity index (χ2n) is 12.2. The van der Waals surface area contributed by atoms with Gasteiger partial charge in [-0.2, -0.15) is 0 Å². The lowest BCUT2D eigenvalue weighted by Gasteiger charge is -2.59. The minimum Gasteiger partial charge on any atom is -0.504 e. The highest BCUT2D eigenvalue weighted by Gasteiger charge is 2.70.